The summed E-state index contributed by atoms with van der Waals surface area (Å²) in [5.74, 6) is -0.752. The van der Waals surface area contributed by atoms with Crippen molar-refractivity contribution in [2.24, 2.45) is 0 Å². The summed E-state index contributed by atoms with van der Waals surface area (Å²) >= 11 is 0. The molecule has 0 radical (unpaired) electrons. The lowest BCUT2D eigenvalue weighted by Gasteiger charge is -2.33. The molecule has 0 amide bonds. The SMILES string of the molecule is CC(C)N(C(C)C)C(C)C(=O)O. The lowest BCUT2D eigenvalue weighted by Crippen LogP contribution is -2.47. The van der Waals surface area contributed by atoms with Crippen LogP contribution in [0.3, 0.4) is 0 Å². The second-order valence-corrected chi connectivity index (χ2v) is 3.65. The molecule has 0 saturated carbocycles. The Morgan fingerprint density at radius 2 is 1.42 bits per heavy atom. The first-order valence-corrected chi connectivity index (χ1v) is 4.38. The van der Waals surface area contributed by atoms with E-state index < -0.39 is 12.0 Å². The van der Waals surface area contributed by atoms with E-state index in [9.17, 15) is 4.79 Å². The van der Waals surface area contributed by atoms with Crippen molar-refractivity contribution in [3.8, 4) is 0 Å². The number of carbonyl (C=O) groups is 1. The molecule has 1 atom stereocenters. The zero-order valence-corrected chi connectivity index (χ0v) is 8.53. The van der Waals surface area contributed by atoms with Crippen LogP contribution >= 0.6 is 0 Å². The largest absolute Gasteiger partial charge is 0.480 e. The first-order valence-electron chi connectivity index (χ1n) is 4.38. The molecule has 72 valence electrons. The van der Waals surface area contributed by atoms with Gasteiger partial charge in [-0.1, -0.05) is 0 Å². The van der Waals surface area contributed by atoms with Crippen LogP contribution < -0.4 is 0 Å². The molecule has 0 spiro atoms. The van der Waals surface area contributed by atoms with Crippen molar-refractivity contribution in [1.29, 1.82) is 0 Å². The summed E-state index contributed by atoms with van der Waals surface area (Å²) in [6.07, 6.45) is 0. The number of hydrogen-bond acceptors (Lipinski definition) is 2. The fourth-order valence-corrected chi connectivity index (χ4v) is 1.62. The standard InChI is InChI=1S/C9H19NO2/c1-6(2)10(7(3)4)8(5)9(11)12/h6-8H,1-5H3,(H,11,12). The summed E-state index contributed by atoms with van der Waals surface area (Å²) in [6.45, 7) is 9.78. The third-order valence-corrected chi connectivity index (χ3v) is 2.00. The quantitative estimate of drug-likeness (QED) is 0.701. The van der Waals surface area contributed by atoms with Crippen molar-refractivity contribution in [3.05, 3.63) is 0 Å². The Morgan fingerprint density at radius 3 is 1.50 bits per heavy atom. The monoisotopic (exact) mass is 173 g/mol. The maximum atomic E-state index is 10.7. The minimum atomic E-state index is -0.752. The van der Waals surface area contributed by atoms with Gasteiger partial charge in [0.15, 0.2) is 0 Å². The Bertz CT molecular complexity index is 147. The van der Waals surface area contributed by atoms with Crippen molar-refractivity contribution in [2.45, 2.75) is 52.7 Å². The smallest absolute Gasteiger partial charge is 0.320 e. The van der Waals surface area contributed by atoms with Crippen LogP contribution in [-0.2, 0) is 4.79 Å². The molecular formula is C9H19NO2. The molecule has 1 N–H and O–H groups in total. The van der Waals surface area contributed by atoms with Crippen molar-refractivity contribution in [1.82, 2.24) is 4.90 Å². The molecular weight excluding hydrogens is 154 g/mol. The predicted molar refractivity (Wildman–Crippen MR) is 49.2 cm³/mol. The Kier molecular flexibility index (Phi) is 4.24. The number of carboxylic acid groups (broad SMARTS) is 1. The van der Waals surface area contributed by atoms with Crippen LogP contribution in [0.4, 0.5) is 0 Å². The van der Waals surface area contributed by atoms with Crippen LogP contribution in [0.5, 0.6) is 0 Å². The van der Waals surface area contributed by atoms with Gasteiger partial charge in [0.1, 0.15) is 6.04 Å². The first kappa shape index (κ1) is 11.4. The fourth-order valence-electron chi connectivity index (χ4n) is 1.62. The number of hydrogen-bond donors (Lipinski definition) is 1. The van der Waals surface area contributed by atoms with Gasteiger partial charge in [0.2, 0.25) is 0 Å². The van der Waals surface area contributed by atoms with Crippen LogP contribution in [0.25, 0.3) is 0 Å². The summed E-state index contributed by atoms with van der Waals surface area (Å²) in [5.41, 5.74) is 0. The van der Waals surface area contributed by atoms with E-state index in [1.54, 1.807) is 6.92 Å². The summed E-state index contributed by atoms with van der Waals surface area (Å²) in [7, 11) is 0. The number of nitrogens with zero attached hydrogens (tertiary/aromatic N) is 1. The molecule has 0 fully saturated rings. The molecule has 0 aliphatic carbocycles. The van der Waals surface area contributed by atoms with E-state index >= 15 is 0 Å². The van der Waals surface area contributed by atoms with Gasteiger partial charge in [-0.2, -0.15) is 0 Å². The second-order valence-electron chi connectivity index (χ2n) is 3.65. The Balaban J connectivity index is 4.40. The van der Waals surface area contributed by atoms with Crippen molar-refractivity contribution in [2.75, 3.05) is 0 Å². The van der Waals surface area contributed by atoms with Crippen LogP contribution in [0, 0.1) is 0 Å². The average molecular weight is 173 g/mol. The van der Waals surface area contributed by atoms with Gasteiger partial charge in [-0.15, -0.1) is 0 Å². The van der Waals surface area contributed by atoms with Gasteiger partial charge in [-0.05, 0) is 34.6 Å². The summed E-state index contributed by atoms with van der Waals surface area (Å²) in [5, 5.41) is 8.81. The summed E-state index contributed by atoms with van der Waals surface area (Å²) in [6, 6.07) is 0.150. The van der Waals surface area contributed by atoms with E-state index in [1.807, 2.05) is 32.6 Å². The fraction of sp³-hybridized carbons (Fsp3) is 0.889. The van der Waals surface area contributed by atoms with Gasteiger partial charge in [0.05, 0.1) is 0 Å². The molecule has 0 saturated heterocycles. The van der Waals surface area contributed by atoms with Crippen molar-refractivity contribution in [3.63, 3.8) is 0 Å². The van der Waals surface area contributed by atoms with E-state index in [1.165, 1.54) is 0 Å². The highest BCUT2D eigenvalue weighted by atomic mass is 16.4. The van der Waals surface area contributed by atoms with Crippen LogP contribution in [0.15, 0.2) is 0 Å². The molecule has 1 unspecified atom stereocenters. The lowest BCUT2D eigenvalue weighted by molar-refractivity contribution is -0.144. The summed E-state index contributed by atoms with van der Waals surface area (Å²) in [4.78, 5) is 12.7. The maximum absolute atomic E-state index is 10.7. The number of carboxylic acids is 1. The van der Waals surface area contributed by atoms with Crippen molar-refractivity contribution < 1.29 is 9.90 Å². The van der Waals surface area contributed by atoms with Crippen LogP contribution in [-0.4, -0.2) is 34.1 Å². The minimum absolute atomic E-state index is 0.274. The molecule has 0 aliphatic heterocycles. The second kappa shape index (κ2) is 4.45. The molecule has 0 aromatic carbocycles. The Hall–Kier alpha value is -0.570. The van der Waals surface area contributed by atoms with Crippen molar-refractivity contribution >= 4 is 5.97 Å². The molecule has 0 heterocycles. The van der Waals surface area contributed by atoms with E-state index in [0.29, 0.717) is 0 Å². The van der Waals surface area contributed by atoms with E-state index in [2.05, 4.69) is 0 Å². The zero-order valence-electron chi connectivity index (χ0n) is 8.53. The van der Waals surface area contributed by atoms with Gasteiger partial charge in [-0.25, -0.2) is 0 Å². The highest BCUT2D eigenvalue weighted by molar-refractivity contribution is 5.72. The molecule has 3 nitrogen and oxygen atoms in total. The first-order chi connectivity index (χ1) is 5.37. The summed E-state index contributed by atoms with van der Waals surface area (Å²) < 4.78 is 0. The van der Waals surface area contributed by atoms with Crippen LogP contribution in [0.1, 0.15) is 34.6 Å². The number of aliphatic carboxylic acids is 1. The third-order valence-electron chi connectivity index (χ3n) is 2.00. The molecule has 12 heavy (non-hydrogen) atoms. The average Bonchev–Trinajstić information content (AvgIpc) is 1.85. The molecule has 0 aromatic heterocycles. The molecule has 0 rings (SSSR count). The lowest BCUT2D eigenvalue weighted by atomic mass is 10.1. The van der Waals surface area contributed by atoms with Gasteiger partial charge in [0.25, 0.3) is 0 Å². The Morgan fingerprint density at radius 1 is 1.08 bits per heavy atom. The Labute approximate surface area is 74.4 Å². The van der Waals surface area contributed by atoms with E-state index in [4.69, 9.17) is 5.11 Å². The van der Waals surface area contributed by atoms with E-state index in [-0.39, 0.29) is 12.1 Å². The van der Waals surface area contributed by atoms with Gasteiger partial charge >= 0.3 is 5.97 Å². The van der Waals surface area contributed by atoms with Gasteiger partial charge in [0, 0.05) is 12.1 Å². The molecule has 0 aliphatic rings. The predicted octanol–water partition coefficient (Wildman–Crippen LogP) is 1.58. The highest BCUT2D eigenvalue weighted by Gasteiger charge is 2.24. The minimum Gasteiger partial charge on any atom is -0.480 e. The molecule has 3 heteroatoms. The highest BCUT2D eigenvalue weighted by Crippen LogP contribution is 2.10. The topological polar surface area (TPSA) is 40.5 Å². The van der Waals surface area contributed by atoms with Crippen LogP contribution in [0.2, 0.25) is 0 Å². The normalized spacial score (nSPS) is 14.3. The zero-order chi connectivity index (χ0) is 9.89. The third kappa shape index (κ3) is 2.81. The molecule has 0 bridgehead atoms. The van der Waals surface area contributed by atoms with Gasteiger partial charge in [-0.3, -0.25) is 9.69 Å². The van der Waals surface area contributed by atoms with Gasteiger partial charge < -0.3 is 5.11 Å². The molecule has 0 aromatic rings. The van der Waals surface area contributed by atoms with E-state index in [0.717, 1.165) is 0 Å². The maximum Gasteiger partial charge on any atom is 0.320 e. The number of rotatable bonds is 4.